The van der Waals surface area contributed by atoms with Gasteiger partial charge in [-0.15, -0.1) is 0 Å². The van der Waals surface area contributed by atoms with E-state index < -0.39 is 0 Å². The number of rotatable bonds is 3. The molecule has 0 aliphatic rings. The van der Waals surface area contributed by atoms with E-state index in [9.17, 15) is 5.11 Å². The van der Waals surface area contributed by atoms with E-state index >= 15 is 0 Å². The van der Waals surface area contributed by atoms with Gasteiger partial charge in [-0.05, 0) is 31.5 Å². The molecule has 0 aromatic heterocycles. The Labute approximate surface area is 101 Å². The van der Waals surface area contributed by atoms with Crippen molar-refractivity contribution < 1.29 is 9.84 Å². The van der Waals surface area contributed by atoms with E-state index in [4.69, 9.17) is 16.3 Å². The van der Waals surface area contributed by atoms with Crippen molar-refractivity contribution in [2.75, 3.05) is 7.11 Å². The van der Waals surface area contributed by atoms with Crippen LogP contribution in [0.1, 0.15) is 18.1 Å². The Morgan fingerprint density at radius 1 is 1.50 bits per heavy atom. The Morgan fingerprint density at radius 3 is 2.50 bits per heavy atom. The summed E-state index contributed by atoms with van der Waals surface area (Å²) in [6.07, 6.45) is 1.59. The summed E-state index contributed by atoms with van der Waals surface area (Å²) in [5.74, 6) is 0.899. The van der Waals surface area contributed by atoms with Crippen LogP contribution in [0.3, 0.4) is 0 Å². The van der Waals surface area contributed by atoms with Crippen LogP contribution in [-0.4, -0.2) is 12.2 Å². The molecule has 1 aromatic carbocycles. The Morgan fingerprint density at radius 2 is 2.12 bits per heavy atom. The zero-order chi connectivity index (χ0) is 12.3. The minimum atomic E-state index is 0.199. The summed E-state index contributed by atoms with van der Waals surface area (Å²) in [4.78, 5) is 0. The van der Waals surface area contributed by atoms with Crippen LogP contribution in [-0.2, 0) is 0 Å². The molecule has 0 heterocycles. The summed E-state index contributed by atoms with van der Waals surface area (Å²) >= 11 is 6.16. The first-order chi connectivity index (χ1) is 7.51. The lowest BCUT2D eigenvalue weighted by Crippen LogP contribution is -1.93. The van der Waals surface area contributed by atoms with Crippen LogP contribution in [0.25, 0.3) is 5.57 Å². The fourth-order valence-corrected chi connectivity index (χ4v) is 1.96. The largest absolute Gasteiger partial charge is 0.512 e. The molecule has 86 valence electrons. The molecule has 1 rings (SSSR count). The molecule has 1 aromatic rings. The molecular formula is C13H15ClO2. The van der Waals surface area contributed by atoms with Crippen LogP contribution in [0.15, 0.2) is 30.5 Å². The van der Waals surface area contributed by atoms with Gasteiger partial charge in [-0.3, -0.25) is 0 Å². The summed E-state index contributed by atoms with van der Waals surface area (Å²) < 4.78 is 5.12. The average Bonchev–Trinajstić information content (AvgIpc) is 2.22. The lowest BCUT2D eigenvalue weighted by Gasteiger charge is -2.12. The number of hydrogen-bond acceptors (Lipinski definition) is 2. The van der Waals surface area contributed by atoms with E-state index in [0.29, 0.717) is 16.3 Å². The molecular weight excluding hydrogens is 224 g/mol. The summed E-state index contributed by atoms with van der Waals surface area (Å²) in [7, 11) is 1.59. The van der Waals surface area contributed by atoms with Crippen LogP contribution in [0.4, 0.5) is 0 Å². The second-order valence-corrected chi connectivity index (χ2v) is 3.91. The Hall–Kier alpha value is -1.41. The molecule has 0 aliphatic heterocycles. The molecule has 1 N–H and O–H groups in total. The van der Waals surface area contributed by atoms with E-state index in [0.717, 1.165) is 11.1 Å². The molecule has 3 heteroatoms. The van der Waals surface area contributed by atoms with E-state index in [2.05, 4.69) is 6.58 Å². The second-order valence-electron chi connectivity index (χ2n) is 3.50. The first kappa shape index (κ1) is 12.7. The molecule has 0 atom stereocenters. The van der Waals surface area contributed by atoms with Crippen LogP contribution >= 0.6 is 11.6 Å². The molecule has 2 nitrogen and oxygen atoms in total. The van der Waals surface area contributed by atoms with Crippen LogP contribution in [0.2, 0.25) is 5.02 Å². The number of methoxy groups -OCH3 is 1. The third-order valence-corrected chi connectivity index (χ3v) is 2.66. The summed E-state index contributed by atoms with van der Waals surface area (Å²) in [6, 6.07) is 3.59. The molecule has 0 unspecified atom stereocenters. The van der Waals surface area contributed by atoms with Gasteiger partial charge < -0.3 is 9.84 Å². The number of hydrogen-bond donors (Lipinski definition) is 1. The van der Waals surface area contributed by atoms with Crippen molar-refractivity contribution in [1.82, 2.24) is 0 Å². The number of aliphatic hydroxyl groups is 1. The highest BCUT2D eigenvalue weighted by molar-refractivity contribution is 6.32. The average molecular weight is 239 g/mol. The van der Waals surface area contributed by atoms with Crippen molar-refractivity contribution in [3.8, 4) is 5.75 Å². The van der Waals surface area contributed by atoms with Crippen molar-refractivity contribution in [2.45, 2.75) is 13.8 Å². The topological polar surface area (TPSA) is 29.5 Å². The SMILES string of the molecule is C=C/C(=C(\C)O)c1c(C)cc(OC)cc1Cl. The van der Waals surface area contributed by atoms with Gasteiger partial charge in [0.2, 0.25) is 0 Å². The summed E-state index contributed by atoms with van der Waals surface area (Å²) in [5, 5.41) is 10.1. The molecule has 0 bridgehead atoms. The van der Waals surface area contributed by atoms with Crippen LogP contribution in [0, 0.1) is 6.92 Å². The van der Waals surface area contributed by atoms with Gasteiger partial charge in [-0.25, -0.2) is 0 Å². The number of allylic oxidation sites excluding steroid dienone is 3. The fourth-order valence-electron chi connectivity index (χ4n) is 1.60. The molecule has 0 spiro atoms. The van der Waals surface area contributed by atoms with Crippen molar-refractivity contribution >= 4 is 17.2 Å². The quantitative estimate of drug-likeness (QED) is 0.634. The summed E-state index contributed by atoms with van der Waals surface area (Å²) in [5.41, 5.74) is 2.37. The third-order valence-electron chi connectivity index (χ3n) is 2.36. The minimum Gasteiger partial charge on any atom is -0.512 e. The van der Waals surface area contributed by atoms with Crippen molar-refractivity contribution in [2.24, 2.45) is 0 Å². The highest BCUT2D eigenvalue weighted by Gasteiger charge is 2.11. The van der Waals surface area contributed by atoms with Gasteiger partial charge in [0, 0.05) is 11.1 Å². The van der Waals surface area contributed by atoms with E-state index in [1.165, 1.54) is 0 Å². The number of benzene rings is 1. The van der Waals surface area contributed by atoms with Crippen molar-refractivity contribution in [1.29, 1.82) is 0 Å². The highest BCUT2D eigenvalue weighted by atomic mass is 35.5. The van der Waals surface area contributed by atoms with E-state index in [1.807, 2.05) is 13.0 Å². The summed E-state index contributed by atoms with van der Waals surface area (Å²) in [6.45, 7) is 7.20. The first-order valence-corrected chi connectivity index (χ1v) is 5.25. The monoisotopic (exact) mass is 238 g/mol. The maximum absolute atomic E-state index is 9.56. The molecule has 0 saturated carbocycles. The van der Waals surface area contributed by atoms with Crippen LogP contribution in [0.5, 0.6) is 5.75 Å². The Kier molecular flexibility index (Phi) is 4.02. The standard InChI is InChI=1S/C13H15ClO2/c1-5-11(9(3)15)13-8(2)6-10(16-4)7-12(13)14/h5-7,15H,1H2,2-4H3/b11-9-. The molecule has 0 radical (unpaired) electrons. The first-order valence-electron chi connectivity index (χ1n) is 4.88. The van der Waals surface area contributed by atoms with E-state index in [-0.39, 0.29) is 5.76 Å². The van der Waals surface area contributed by atoms with Crippen molar-refractivity contribution in [3.63, 3.8) is 0 Å². The van der Waals surface area contributed by atoms with Crippen LogP contribution < -0.4 is 4.74 Å². The highest BCUT2D eigenvalue weighted by Crippen LogP contribution is 2.33. The van der Waals surface area contributed by atoms with Gasteiger partial charge in [0.25, 0.3) is 0 Å². The number of aryl methyl sites for hydroxylation is 1. The number of ether oxygens (including phenoxy) is 1. The van der Waals surface area contributed by atoms with Gasteiger partial charge >= 0.3 is 0 Å². The molecule has 0 saturated heterocycles. The van der Waals surface area contributed by atoms with Crippen molar-refractivity contribution in [3.05, 3.63) is 46.7 Å². The Balaban J connectivity index is 3.46. The van der Waals surface area contributed by atoms with Gasteiger partial charge in [0.05, 0.1) is 17.9 Å². The molecule has 0 amide bonds. The number of aliphatic hydroxyl groups excluding tert-OH is 1. The van der Waals surface area contributed by atoms with Gasteiger partial charge in [0.15, 0.2) is 0 Å². The second kappa shape index (κ2) is 5.08. The maximum Gasteiger partial charge on any atom is 0.120 e. The number of halogens is 1. The Bertz CT molecular complexity index is 420. The van der Waals surface area contributed by atoms with Gasteiger partial charge in [0.1, 0.15) is 5.75 Å². The zero-order valence-corrected chi connectivity index (χ0v) is 10.4. The zero-order valence-electron chi connectivity index (χ0n) is 9.67. The smallest absolute Gasteiger partial charge is 0.120 e. The third kappa shape index (κ3) is 2.39. The fraction of sp³-hybridized carbons (Fsp3) is 0.231. The van der Waals surface area contributed by atoms with Gasteiger partial charge in [-0.2, -0.15) is 0 Å². The lowest BCUT2D eigenvalue weighted by atomic mass is 9.99. The molecule has 0 aliphatic carbocycles. The minimum absolute atomic E-state index is 0.199. The lowest BCUT2D eigenvalue weighted by molar-refractivity contribution is 0.414. The predicted molar refractivity (Wildman–Crippen MR) is 68.2 cm³/mol. The molecule has 16 heavy (non-hydrogen) atoms. The van der Waals surface area contributed by atoms with Gasteiger partial charge in [-0.1, -0.05) is 24.3 Å². The predicted octanol–water partition coefficient (Wildman–Crippen LogP) is 4.13. The maximum atomic E-state index is 9.56. The normalized spacial score (nSPS) is 12.0. The van der Waals surface area contributed by atoms with E-state index in [1.54, 1.807) is 26.2 Å². The molecule has 0 fully saturated rings.